The van der Waals surface area contributed by atoms with Crippen molar-refractivity contribution in [3.8, 4) is 0 Å². The Hall–Kier alpha value is -0.900. The minimum atomic E-state index is -1.01. The molecular formula is C13H22O4. The van der Waals surface area contributed by atoms with Gasteiger partial charge in [0.05, 0.1) is 12.7 Å². The molecule has 0 radical (unpaired) electrons. The van der Waals surface area contributed by atoms with Crippen LogP contribution in [0.5, 0.6) is 0 Å². The number of hydrogen-bond donors (Lipinski definition) is 1. The van der Waals surface area contributed by atoms with Crippen LogP contribution in [0, 0.1) is 11.8 Å². The van der Waals surface area contributed by atoms with E-state index in [0.29, 0.717) is 12.8 Å². The van der Waals surface area contributed by atoms with Crippen LogP contribution in [0.1, 0.15) is 46.0 Å². The number of esters is 1. The molecule has 0 aromatic carbocycles. The van der Waals surface area contributed by atoms with Crippen LogP contribution in [-0.4, -0.2) is 29.6 Å². The summed E-state index contributed by atoms with van der Waals surface area (Å²) in [6, 6.07) is 0. The Bertz CT molecular complexity index is 300. The van der Waals surface area contributed by atoms with E-state index in [1.807, 2.05) is 13.8 Å². The molecule has 4 heteroatoms. The van der Waals surface area contributed by atoms with Gasteiger partial charge in [-0.3, -0.25) is 9.59 Å². The summed E-state index contributed by atoms with van der Waals surface area (Å²) in [6.45, 7) is 3.95. The Kier molecular flexibility index (Phi) is 4.69. The van der Waals surface area contributed by atoms with Crippen LogP contribution in [0.3, 0.4) is 0 Å². The van der Waals surface area contributed by atoms with E-state index in [1.54, 1.807) is 0 Å². The van der Waals surface area contributed by atoms with E-state index in [9.17, 15) is 14.7 Å². The number of carbonyl (C=O) groups excluding carboxylic acids is 2. The summed E-state index contributed by atoms with van der Waals surface area (Å²) < 4.78 is 4.63. The first-order valence-electron chi connectivity index (χ1n) is 6.34. The van der Waals surface area contributed by atoms with Gasteiger partial charge in [-0.25, -0.2) is 0 Å². The maximum absolute atomic E-state index is 12.1. The summed E-state index contributed by atoms with van der Waals surface area (Å²) >= 11 is 0. The second-order valence-corrected chi connectivity index (χ2v) is 4.88. The van der Waals surface area contributed by atoms with Crippen molar-refractivity contribution in [3.63, 3.8) is 0 Å². The molecule has 3 atom stereocenters. The van der Waals surface area contributed by atoms with Gasteiger partial charge in [0.1, 0.15) is 5.92 Å². The Labute approximate surface area is 102 Å². The smallest absolute Gasteiger partial charge is 0.316 e. The lowest BCUT2D eigenvalue weighted by Gasteiger charge is -2.28. The number of ketones is 1. The van der Waals surface area contributed by atoms with Gasteiger partial charge in [-0.2, -0.15) is 0 Å². The third kappa shape index (κ3) is 2.68. The molecule has 17 heavy (non-hydrogen) atoms. The molecule has 0 aromatic rings. The molecule has 0 aliphatic heterocycles. The van der Waals surface area contributed by atoms with Crippen molar-refractivity contribution in [3.05, 3.63) is 0 Å². The molecule has 98 valence electrons. The molecule has 1 aliphatic carbocycles. The molecule has 0 heterocycles. The van der Waals surface area contributed by atoms with Crippen molar-refractivity contribution < 1.29 is 19.4 Å². The quantitative estimate of drug-likeness (QED) is 0.588. The highest BCUT2D eigenvalue weighted by Crippen LogP contribution is 2.42. The van der Waals surface area contributed by atoms with E-state index < -0.39 is 23.4 Å². The molecule has 4 nitrogen and oxygen atoms in total. The molecular weight excluding hydrogens is 220 g/mol. The summed E-state index contributed by atoms with van der Waals surface area (Å²) in [5.41, 5.74) is -1.01. The zero-order valence-corrected chi connectivity index (χ0v) is 10.9. The van der Waals surface area contributed by atoms with Gasteiger partial charge in [0, 0.05) is 5.92 Å². The first-order valence-corrected chi connectivity index (χ1v) is 6.34. The summed E-state index contributed by atoms with van der Waals surface area (Å²) in [4.78, 5) is 23.6. The van der Waals surface area contributed by atoms with Gasteiger partial charge in [-0.15, -0.1) is 0 Å². The van der Waals surface area contributed by atoms with Gasteiger partial charge in [-0.05, 0) is 19.3 Å². The zero-order valence-electron chi connectivity index (χ0n) is 10.9. The van der Waals surface area contributed by atoms with Crippen molar-refractivity contribution in [1.82, 2.24) is 0 Å². The number of Topliss-reactive ketones (excluding diaryl/α,β-unsaturated/α-hetero) is 1. The van der Waals surface area contributed by atoms with Crippen LogP contribution in [0.2, 0.25) is 0 Å². The Morgan fingerprint density at radius 1 is 1.47 bits per heavy atom. The van der Waals surface area contributed by atoms with Gasteiger partial charge in [0.25, 0.3) is 0 Å². The molecule has 0 amide bonds. The van der Waals surface area contributed by atoms with Crippen LogP contribution in [-0.2, 0) is 14.3 Å². The highest BCUT2D eigenvalue weighted by atomic mass is 16.5. The standard InChI is InChI=1S/C13H22O4/c1-4-6-10-11(14)9(12(15)17-3)8-13(10,16)7-5-2/h9-10,16H,4-8H2,1-3H3. The van der Waals surface area contributed by atoms with Gasteiger partial charge in [0.15, 0.2) is 5.78 Å². The minimum Gasteiger partial charge on any atom is -0.468 e. The fraction of sp³-hybridized carbons (Fsp3) is 0.846. The molecule has 1 fully saturated rings. The lowest BCUT2D eigenvalue weighted by Crippen LogP contribution is -2.35. The second kappa shape index (κ2) is 5.63. The Morgan fingerprint density at radius 3 is 2.59 bits per heavy atom. The molecule has 3 unspecified atom stereocenters. The number of ether oxygens (including phenoxy) is 1. The molecule has 0 aromatic heterocycles. The van der Waals surface area contributed by atoms with Crippen LogP contribution in [0.25, 0.3) is 0 Å². The van der Waals surface area contributed by atoms with Gasteiger partial charge >= 0.3 is 5.97 Å². The largest absolute Gasteiger partial charge is 0.468 e. The topological polar surface area (TPSA) is 63.6 Å². The second-order valence-electron chi connectivity index (χ2n) is 4.88. The van der Waals surface area contributed by atoms with E-state index in [4.69, 9.17) is 0 Å². The van der Waals surface area contributed by atoms with Crippen molar-refractivity contribution >= 4 is 11.8 Å². The summed E-state index contributed by atoms with van der Waals surface area (Å²) in [5, 5.41) is 10.5. The minimum absolute atomic E-state index is 0.144. The third-order valence-corrected chi connectivity index (χ3v) is 3.64. The Balaban J connectivity index is 2.92. The fourth-order valence-electron chi connectivity index (χ4n) is 2.85. The molecule has 0 spiro atoms. The average Bonchev–Trinajstić information content (AvgIpc) is 2.54. The van der Waals surface area contributed by atoms with E-state index in [1.165, 1.54) is 7.11 Å². The molecule has 1 saturated carbocycles. The van der Waals surface area contributed by atoms with E-state index >= 15 is 0 Å². The fourth-order valence-corrected chi connectivity index (χ4v) is 2.85. The van der Waals surface area contributed by atoms with Crippen LogP contribution in [0.15, 0.2) is 0 Å². The lowest BCUT2D eigenvalue weighted by atomic mass is 9.83. The summed E-state index contributed by atoms with van der Waals surface area (Å²) in [7, 11) is 1.28. The molecule has 0 saturated heterocycles. The van der Waals surface area contributed by atoms with Crippen LogP contribution < -0.4 is 0 Å². The number of aliphatic hydroxyl groups is 1. The SMILES string of the molecule is CCCC1C(=O)C(C(=O)OC)CC1(O)CCC. The Morgan fingerprint density at radius 2 is 2.12 bits per heavy atom. The van der Waals surface area contributed by atoms with Gasteiger partial charge < -0.3 is 9.84 Å². The van der Waals surface area contributed by atoms with Crippen molar-refractivity contribution in [2.75, 3.05) is 7.11 Å². The predicted octanol–water partition coefficient (Wildman–Crippen LogP) is 1.70. The van der Waals surface area contributed by atoms with E-state index in [0.717, 1.165) is 12.8 Å². The first-order chi connectivity index (χ1) is 8.00. The predicted molar refractivity (Wildman–Crippen MR) is 63.4 cm³/mol. The lowest BCUT2D eigenvalue weighted by molar-refractivity contribution is -0.148. The molecule has 1 N–H and O–H groups in total. The maximum atomic E-state index is 12.1. The number of hydrogen-bond acceptors (Lipinski definition) is 4. The monoisotopic (exact) mass is 242 g/mol. The highest BCUT2D eigenvalue weighted by Gasteiger charge is 2.53. The van der Waals surface area contributed by atoms with Crippen LogP contribution >= 0.6 is 0 Å². The van der Waals surface area contributed by atoms with Crippen LogP contribution in [0.4, 0.5) is 0 Å². The summed E-state index contributed by atoms with van der Waals surface area (Å²) in [6.07, 6.45) is 3.06. The third-order valence-electron chi connectivity index (χ3n) is 3.64. The van der Waals surface area contributed by atoms with Gasteiger partial charge in [0.2, 0.25) is 0 Å². The maximum Gasteiger partial charge on any atom is 0.316 e. The van der Waals surface area contributed by atoms with Crippen molar-refractivity contribution in [2.45, 2.75) is 51.6 Å². The number of methoxy groups -OCH3 is 1. The molecule has 1 rings (SSSR count). The van der Waals surface area contributed by atoms with Crippen molar-refractivity contribution in [2.24, 2.45) is 11.8 Å². The molecule has 1 aliphatic rings. The number of rotatable bonds is 5. The number of carbonyl (C=O) groups is 2. The molecule has 0 bridgehead atoms. The normalized spacial score (nSPS) is 32.8. The van der Waals surface area contributed by atoms with Gasteiger partial charge in [-0.1, -0.05) is 26.7 Å². The highest BCUT2D eigenvalue weighted by molar-refractivity contribution is 6.02. The van der Waals surface area contributed by atoms with Crippen molar-refractivity contribution in [1.29, 1.82) is 0 Å². The van der Waals surface area contributed by atoms with E-state index in [2.05, 4.69) is 4.74 Å². The zero-order chi connectivity index (χ0) is 13.1. The van der Waals surface area contributed by atoms with E-state index in [-0.39, 0.29) is 12.2 Å². The average molecular weight is 242 g/mol. The first kappa shape index (κ1) is 14.2. The summed E-state index contributed by atoms with van der Waals surface area (Å²) in [5.74, 6) is -1.83.